The molecule has 10 aromatic carbocycles. The van der Waals surface area contributed by atoms with Gasteiger partial charge in [0.1, 0.15) is 0 Å². The third-order valence-electron chi connectivity index (χ3n) is 11.6. The van der Waals surface area contributed by atoms with Gasteiger partial charge < -0.3 is 9.47 Å². The summed E-state index contributed by atoms with van der Waals surface area (Å²) in [6.07, 6.45) is 0. The highest BCUT2D eigenvalue weighted by Gasteiger charge is 2.21. The molecule has 0 N–H and O–H groups in total. The van der Waals surface area contributed by atoms with Gasteiger partial charge in [-0.2, -0.15) is 0 Å². The van der Waals surface area contributed by atoms with Gasteiger partial charge in [0.25, 0.3) is 0 Å². The second-order valence-corrected chi connectivity index (χ2v) is 14.9. The Labute approximate surface area is 338 Å². The highest BCUT2D eigenvalue weighted by atomic mass is 15.1. The molecule has 0 unspecified atom stereocenters. The average molecular weight is 739 g/mol. The summed E-state index contributed by atoms with van der Waals surface area (Å²) in [4.78, 5) is 2.37. The molecule has 0 saturated heterocycles. The van der Waals surface area contributed by atoms with Crippen LogP contribution >= 0.6 is 0 Å². The lowest BCUT2D eigenvalue weighted by Gasteiger charge is -2.26. The van der Waals surface area contributed by atoms with E-state index in [0.29, 0.717) is 0 Å². The maximum atomic E-state index is 2.37. The Kier molecular flexibility index (Phi) is 8.19. The molecule has 11 aromatic rings. The van der Waals surface area contributed by atoms with E-state index in [4.69, 9.17) is 0 Å². The molecule has 2 nitrogen and oxygen atoms in total. The van der Waals surface area contributed by atoms with E-state index in [1.54, 1.807) is 0 Å². The van der Waals surface area contributed by atoms with Crippen molar-refractivity contribution in [2.75, 3.05) is 4.90 Å². The van der Waals surface area contributed by atoms with Gasteiger partial charge in [0, 0.05) is 33.5 Å². The molecule has 0 saturated carbocycles. The number of anilines is 3. The lowest BCUT2D eigenvalue weighted by atomic mass is 9.84. The minimum Gasteiger partial charge on any atom is -0.310 e. The van der Waals surface area contributed by atoms with Crippen LogP contribution in [0.15, 0.2) is 231 Å². The standard InChI is InChI=1S/C56H38N2/c1-4-18-39(19-5-1)45-24-10-11-26-47(45)56-50-29-14-12-27-48(50)55(49-28-13-15-30-51(49)56)40-32-34-43(35-33-40)57(41-20-6-2-7-21-41)44-36-37-54-52(38-44)46-25-16-17-31-53(46)58(54)42-22-8-3-9-23-42/h1-38H. The quantitative estimate of drug-likeness (QED) is 0.148. The van der Waals surface area contributed by atoms with E-state index in [1.807, 2.05) is 0 Å². The van der Waals surface area contributed by atoms with Crippen molar-refractivity contribution in [2.24, 2.45) is 0 Å². The van der Waals surface area contributed by atoms with Crippen LogP contribution in [0.2, 0.25) is 0 Å². The molecule has 0 atom stereocenters. The summed E-state index contributed by atoms with van der Waals surface area (Å²) in [5.74, 6) is 0. The number of nitrogens with zero attached hydrogens (tertiary/aromatic N) is 2. The van der Waals surface area contributed by atoms with Gasteiger partial charge in [0.2, 0.25) is 0 Å². The Hall–Kier alpha value is -7.68. The van der Waals surface area contributed by atoms with E-state index in [2.05, 4.69) is 240 Å². The van der Waals surface area contributed by atoms with Crippen molar-refractivity contribution in [1.82, 2.24) is 4.57 Å². The second kappa shape index (κ2) is 14.1. The first-order chi connectivity index (χ1) is 28.8. The summed E-state index contributed by atoms with van der Waals surface area (Å²) in [5, 5.41) is 7.44. The van der Waals surface area contributed by atoms with Crippen LogP contribution in [-0.4, -0.2) is 4.57 Å². The molecule has 0 bridgehead atoms. The topological polar surface area (TPSA) is 8.17 Å². The van der Waals surface area contributed by atoms with Crippen LogP contribution in [0.1, 0.15) is 0 Å². The summed E-state index contributed by atoms with van der Waals surface area (Å²) >= 11 is 0. The number of hydrogen-bond donors (Lipinski definition) is 0. The lowest BCUT2D eigenvalue weighted by molar-refractivity contribution is 1.18. The summed E-state index contributed by atoms with van der Waals surface area (Å²) in [5.41, 5.74) is 14.3. The minimum absolute atomic E-state index is 1.10. The van der Waals surface area contributed by atoms with E-state index in [9.17, 15) is 0 Å². The zero-order valence-corrected chi connectivity index (χ0v) is 31.8. The van der Waals surface area contributed by atoms with Crippen molar-refractivity contribution in [3.05, 3.63) is 231 Å². The van der Waals surface area contributed by atoms with E-state index in [1.165, 1.54) is 76.7 Å². The predicted octanol–water partition coefficient (Wildman–Crippen LogP) is 15.6. The fourth-order valence-corrected chi connectivity index (χ4v) is 9.06. The van der Waals surface area contributed by atoms with Gasteiger partial charge in [-0.05, 0) is 116 Å². The molecular formula is C56H38N2. The average Bonchev–Trinajstić information content (AvgIpc) is 3.63. The Morgan fingerprint density at radius 3 is 1.40 bits per heavy atom. The monoisotopic (exact) mass is 738 g/mol. The molecule has 0 aliphatic heterocycles. The van der Waals surface area contributed by atoms with Crippen molar-refractivity contribution >= 4 is 60.4 Å². The number of rotatable bonds is 7. The summed E-state index contributed by atoms with van der Waals surface area (Å²) in [6.45, 7) is 0. The Bertz CT molecular complexity index is 3200. The molecular weight excluding hydrogens is 701 g/mol. The smallest absolute Gasteiger partial charge is 0.0542 e. The van der Waals surface area contributed by atoms with Crippen LogP contribution in [0.5, 0.6) is 0 Å². The van der Waals surface area contributed by atoms with Gasteiger partial charge in [0.15, 0.2) is 0 Å². The zero-order valence-electron chi connectivity index (χ0n) is 31.8. The third kappa shape index (κ3) is 5.57. The SMILES string of the molecule is c1ccc(-c2ccccc2-c2c3ccccc3c(-c3ccc(N(c4ccccc4)c4ccc5c(c4)c4ccccc4n5-c4ccccc4)cc3)c3ccccc23)cc1. The third-order valence-corrected chi connectivity index (χ3v) is 11.6. The maximum absolute atomic E-state index is 2.37. The van der Waals surface area contributed by atoms with E-state index >= 15 is 0 Å². The van der Waals surface area contributed by atoms with Crippen LogP contribution < -0.4 is 4.90 Å². The normalized spacial score (nSPS) is 11.4. The van der Waals surface area contributed by atoms with Gasteiger partial charge in [0.05, 0.1) is 11.0 Å². The molecule has 0 aliphatic carbocycles. The fraction of sp³-hybridized carbons (Fsp3) is 0. The van der Waals surface area contributed by atoms with E-state index in [-0.39, 0.29) is 0 Å². The molecule has 0 spiro atoms. The van der Waals surface area contributed by atoms with Crippen molar-refractivity contribution in [2.45, 2.75) is 0 Å². The van der Waals surface area contributed by atoms with Crippen LogP contribution in [0.4, 0.5) is 17.1 Å². The van der Waals surface area contributed by atoms with Crippen LogP contribution in [0.25, 0.3) is 82.4 Å². The summed E-state index contributed by atoms with van der Waals surface area (Å²) in [7, 11) is 0. The van der Waals surface area contributed by atoms with E-state index < -0.39 is 0 Å². The van der Waals surface area contributed by atoms with Gasteiger partial charge in [-0.3, -0.25) is 0 Å². The Morgan fingerprint density at radius 1 is 0.276 bits per heavy atom. The number of aromatic nitrogens is 1. The first-order valence-electron chi connectivity index (χ1n) is 19.9. The van der Waals surface area contributed by atoms with Gasteiger partial charge in [-0.1, -0.05) is 170 Å². The van der Waals surface area contributed by atoms with Crippen LogP contribution in [-0.2, 0) is 0 Å². The van der Waals surface area contributed by atoms with Crippen molar-refractivity contribution in [3.8, 4) is 39.1 Å². The number of fused-ring (bicyclic) bond motifs is 5. The van der Waals surface area contributed by atoms with Gasteiger partial charge >= 0.3 is 0 Å². The fourth-order valence-electron chi connectivity index (χ4n) is 9.06. The summed E-state index contributed by atoms with van der Waals surface area (Å²) in [6, 6.07) is 83.5. The largest absolute Gasteiger partial charge is 0.310 e. The molecule has 2 heteroatoms. The molecule has 0 amide bonds. The van der Waals surface area contributed by atoms with Gasteiger partial charge in [-0.15, -0.1) is 0 Å². The zero-order chi connectivity index (χ0) is 38.4. The molecule has 11 rings (SSSR count). The molecule has 58 heavy (non-hydrogen) atoms. The highest BCUT2D eigenvalue weighted by Crippen LogP contribution is 2.47. The predicted molar refractivity (Wildman–Crippen MR) is 247 cm³/mol. The minimum atomic E-state index is 1.10. The molecule has 0 radical (unpaired) electrons. The molecule has 272 valence electrons. The first kappa shape index (κ1) is 33.6. The summed E-state index contributed by atoms with van der Waals surface area (Å²) < 4.78 is 2.37. The first-order valence-corrected chi connectivity index (χ1v) is 19.9. The van der Waals surface area contributed by atoms with Crippen LogP contribution in [0, 0.1) is 0 Å². The van der Waals surface area contributed by atoms with E-state index in [0.717, 1.165) is 22.7 Å². The maximum Gasteiger partial charge on any atom is 0.0542 e. The van der Waals surface area contributed by atoms with Gasteiger partial charge in [-0.25, -0.2) is 0 Å². The van der Waals surface area contributed by atoms with Crippen LogP contribution in [0.3, 0.4) is 0 Å². The number of hydrogen-bond acceptors (Lipinski definition) is 1. The lowest BCUT2D eigenvalue weighted by Crippen LogP contribution is -2.09. The molecule has 0 fully saturated rings. The Balaban J connectivity index is 1.08. The van der Waals surface area contributed by atoms with Crippen molar-refractivity contribution in [1.29, 1.82) is 0 Å². The number of para-hydroxylation sites is 3. The number of benzene rings is 10. The van der Waals surface area contributed by atoms with Crippen molar-refractivity contribution < 1.29 is 0 Å². The highest BCUT2D eigenvalue weighted by molar-refractivity contribution is 6.22. The molecule has 1 aromatic heterocycles. The van der Waals surface area contributed by atoms with Crippen molar-refractivity contribution in [3.63, 3.8) is 0 Å². The molecule has 1 heterocycles. The second-order valence-electron chi connectivity index (χ2n) is 14.9. The molecule has 0 aliphatic rings. The Morgan fingerprint density at radius 2 is 0.741 bits per heavy atom.